The Morgan fingerprint density at radius 3 is 2.50 bits per heavy atom. The summed E-state index contributed by atoms with van der Waals surface area (Å²) in [7, 11) is 0. The van der Waals surface area contributed by atoms with Crippen molar-refractivity contribution in [1.82, 2.24) is 9.97 Å². The van der Waals surface area contributed by atoms with E-state index in [4.69, 9.17) is 5.26 Å². The lowest BCUT2D eigenvalue weighted by molar-refractivity contribution is 0.112. The van der Waals surface area contributed by atoms with Crippen LogP contribution in [-0.2, 0) is 0 Å². The van der Waals surface area contributed by atoms with Crippen molar-refractivity contribution in [2.45, 2.75) is 12.8 Å². The van der Waals surface area contributed by atoms with Crippen LogP contribution < -0.4 is 4.90 Å². The predicted molar refractivity (Wildman–Crippen MR) is 58.0 cm³/mol. The number of nitrogens with zero attached hydrogens (tertiary/aromatic N) is 4. The van der Waals surface area contributed by atoms with E-state index in [1.807, 2.05) is 4.90 Å². The zero-order chi connectivity index (χ0) is 11.4. The van der Waals surface area contributed by atoms with Gasteiger partial charge in [0.25, 0.3) is 0 Å². The van der Waals surface area contributed by atoms with E-state index in [1.165, 1.54) is 12.4 Å². The summed E-state index contributed by atoms with van der Waals surface area (Å²) in [5.74, 6) is 0.799. The maximum Gasteiger partial charge on any atom is 0.225 e. The van der Waals surface area contributed by atoms with Gasteiger partial charge in [-0.1, -0.05) is 0 Å². The summed E-state index contributed by atoms with van der Waals surface area (Å²) in [4.78, 5) is 20.7. The van der Waals surface area contributed by atoms with Crippen LogP contribution in [0.3, 0.4) is 0 Å². The number of anilines is 1. The third-order valence-corrected chi connectivity index (χ3v) is 2.75. The standard InChI is InChI=1S/C11H12N4O/c12-5-9-1-3-15(4-2-9)11-13-6-10(8-16)7-14-11/h6-9H,1-4H2. The Hall–Kier alpha value is -1.96. The Bertz CT molecular complexity index is 401. The first-order chi connectivity index (χ1) is 7.83. The number of carbonyl (C=O) groups excluding carboxylic acids is 1. The molecule has 1 aliphatic rings. The SMILES string of the molecule is N#CC1CCN(c2ncc(C=O)cn2)CC1. The van der Waals surface area contributed by atoms with Gasteiger partial charge in [-0.3, -0.25) is 4.79 Å². The minimum Gasteiger partial charge on any atom is -0.341 e. The molecule has 82 valence electrons. The lowest BCUT2D eigenvalue weighted by Crippen LogP contribution is -2.34. The Kier molecular flexibility index (Phi) is 3.10. The molecule has 5 heteroatoms. The number of carbonyl (C=O) groups is 1. The van der Waals surface area contributed by atoms with Gasteiger partial charge in [0.2, 0.25) is 5.95 Å². The van der Waals surface area contributed by atoms with Crippen molar-refractivity contribution < 1.29 is 4.79 Å². The molecule has 0 amide bonds. The molecule has 1 saturated heterocycles. The maximum absolute atomic E-state index is 10.4. The molecule has 0 radical (unpaired) electrons. The maximum atomic E-state index is 10.4. The summed E-state index contributed by atoms with van der Waals surface area (Å²) < 4.78 is 0. The lowest BCUT2D eigenvalue weighted by atomic mass is 9.99. The van der Waals surface area contributed by atoms with E-state index < -0.39 is 0 Å². The molecule has 2 heterocycles. The Morgan fingerprint density at radius 2 is 2.00 bits per heavy atom. The number of aromatic nitrogens is 2. The molecule has 1 aromatic rings. The first-order valence-corrected chi connectivity index (χ1v) is 5.25. The van der Waals surface area contributed by atoms with Crippen molar-refractivity contribution in [3.63, 3.8) is 0 Å². The van der Waals surface area contributed by atoms with Gasteiger partial charge >= 0.3 is 0 Å². The zero-order valence-electron chi connectivity index (χ0n) is 8.83. The molecule has 0 unspecified atom stereocenters. The first-order valence-electron chi connectivity index (χ1n) is 5.25. The largest absolute Gasteiger partial charge is 0.341 e. The quantitative estimate of drug-likeness (QED) is 0.690. The fraction of sp³-hybridized carbons (Fsp3) is 0.455. The Balaban J connectivity index is 2.03. The van der Waals surface area contributed by atoms with Crippen molar-refractivity contribution >= 4 is 12.2 Å². The summed E-state index contributed by atoms with van der Waals surface area (Å²) in [6.07, 6.45) is 5.48. The molecular weight excluding hydrogens is 204 g/mol. The van der Waals surface area contributed by atoms with E-state index in [2.05, 4.69) is 16.0 Å². The molecular formula is C11H12N4O. The van der Waals surface area contributed by atoms with E-state index >= 15 is 0 Å². The molecule has 0 aliphatic carbocycles. The highest BCUT2D eigenvalue weighted by molar-refractivity contribution is 5.73. The molecule has 2 rings (SSSR count). The van der Waals surface area contributed by atoms with Crippen molar-refractivity contribution in [3.05, 3.63) is 18.0 Å². The summed E-state index contributed by atoms with van der Waals surface area (Å²) >= 11 is 0. The van der Waals surface area contributed by atoms with Crippen molar-refractivity contribution in [1.29, 1.82) is 5.26 Å². The Morgan fingerprint density at radius 1 is 1.38 bits per heavy atom. The summed E-state index contributed by atoms with van der Waals surface area (Å²) in [5.41, 5.74) is 0.482. The molecule has 1 aliphatic heterocycles. The van der Waals surface area contributed by atoms with E-state index in [0.29, 0.717) is 11.5 Å². The van der Waals surface area contributed by atoms with Crippen molar-refractivity contribution in [2.75, 3.05) is 18.0 Å². The molecule has 0 atom stereocenters. The third kappa shape index (κ3) is 2.16. The van der Waals surface area contributed by atoms with Crippen LogP contribution in [0.5, 0.6) is 0 Å². The van der Waals surface area contributed by atoms with E-state index in [0.717, 1.165) is 32.2 Å². The summed E-state index contributed by atoms with van der Waals surface area (Å²) in [6, 6.07) is 2.28. The number of hydrogen-bond acceptors (Lipinski definition) is 5. The second-order valence-electron chi connectivity index (χ2n) is 3.82. The normalized spacial score (nSPS) is 16.8. The van der Waals surface area contributed by atoms with Gasteiger partial charge in [-0.15, -0.1) is 0 Å². The van der Waals surface area contributed by atoms with Crippen LogP contribution in [0, 0.1) is 17.2 Å². The van der Waals surface area contributed by atoms with Crippen molar-refractivity contribution in [3.8, 4) is 6.07 Å². The van der Waals surface area contributed by atoms with E-state index in [-0.39, 0.29) is 5.92 Å². The second kappa shape index (κ2) is 4.71. The average Bonchev–Trinajstić information content (AvgIpc) is 2.39. The second-order valence-corrected chi connectivity index (χ2v) is 3.82. The molecule has 0 aromatic carbocycles. The molecule has 0 bridgehead atoms. The van der Waals surface area contributed by atoms with Crippen LogP contribution in [0.2, 0.25) is 0 Å². The molecule has 0 N–H and O–H groups in total. The van der Waals surface area contributed by atoms with Gasteiger partial charge in [-0.2, -0.15) is 5.26 Å². The third-order valence-electron chi connectivity index (χ3n) is 2.75. The molecule has 1 aromatic heterocycles. The molecule has 0 spiro atoms. The van der Waals surface area contributed by atoms with Crippen LogP contribution >= 0.6 is 0 Å². The summed E-state index contributed by atoms with van der Waals surface area (Å²) in [6.45, 7) is 1.61. The molecule has 16 heavy (non-hydrogen) atoms. The van der Waals surface area contributed by atoms with Crippen molar-refractivity contribution in [2.24, 2.45) is 5.92 Å². The number of hydrogen-bond donors (Lipinski definition) is 0. The van der Waals surface area contributed by atoms with Crippen LogP contribution in [0.25, 0.3) is 0 Å². The highest BCUT2D eigenvalue weighted by Crippen LogP contribution is 2.19. The minimum atomic E-state index is 0.158. The number of rotatable bonds is 2. The van der Waals surface area contributed by atoms with E-state index in [1.54, 1.807) is 0 Å². The average molecular weight is 216 g/mol. The first kappa shape index (κ1) is 10.6. The molecule has 1 fully saturated rings. The topological polar surface area (TPSA) is 69.9 Å². The Labute approximate surface area is 93.7 Å². The smallest absolute Gasteiger partial charge is 0.225 e. The van der Waals surface area contributed by atoms with Gasteiger partial charge in [0, 0.05) is 31.4 Å². The van der Waals surface area contributed by atoms with Gasteiger partial charge < -0.3 is 4.90 Å². The summed E-state index contributed by atoms with van der Waals surface area (Å²) in [5, 5.41) is 8.78. The number of aldehydes is 1. The monoisotopic (exact) mass is 216 g/mol. The van der Waals surface area contributed by atoms with Crippen LogP contribution in [0.15, 0.2) is 12.4 Å². The predicted octanol–water partition coefficient (Wildman–Crippen LogP) is 1.03. The fourth-order valence-corrected chi connectivity index (χ4v) is 1.76. The number of piperidine rings is 1. The zero-order valence-corrected chi connectivity index (χ0v) is 8.83. The van der Waals surface area contributed by atoms with Crippen LogP contribution in [0.4, 0.5) is 5.95 Å². The molecule has 0 saturated carbocycles. The highest BCUT2D eigenvalue weighted by atomic mass is 16.1. The van der Waals surface area contributed by atoms with Crippen LogP contribution in [-0.4, -0.2) is 29.3 Å². The lowest BCUT2D eigenvalue weighted by Gasteiger charge is -2.28. The fourth-order valence-electron chi connectivity index (χ4n) is 1.76. The molecule has 5 nitrogen and oxygen atoms in total. The minimum absolute atomic E-state index is 0.158. The van der Waals surface area contributed by atoms with Gasteiger partial charge in [0.05, 0.1) is 11.6 Å². The van der Waals surface area contributed by atoms with Crippen LogP contribution in [0.1, 0.15) is 23.2 Å². The number of nitriles is 1. The van der Waals surface area contributed by atoms with Gasteiger partial charge in [-0.05, 0) is 12.8 Å². The van der Waals surface area contributed by atoms with Gasteiger partial charge in [0.15, 0.2) is 6.29 Å². The highest BCUT2D eigenvalue weighted by Gasteiger charge is 2.20. The van der Waals surface area contributed by atoms with E-state index in [9.17, 15) is 4.79 Å². The van der Waals surface area contributed by atoms with Gasteiger partial charge in [-0.25, -0.2) is 9.97 Å². The van der Waals surface area contributed by atoms with Gasteiger partial charge in [0.1, 0.15) is 0 Å².